The Kier molecular flexibility index (Phi) is 9.97. The van der Waals surface area contributed by atoms with E-state index in [9.17, 15) is 0 Å². The third-order valence-electron chi connectivity index (χ3n) is 4.10. The molecule has 1 N–H and O–H groups in total. The molecule has 26 heavy (non-hydrogen) atoms. The summed E-state index contributed by atoms with van der Waals surface area (Å²) in [5.41, 5.74) is 1.22. The van der Waals surface area contributed by atoms with E-state index in [2.05, 4.69) is 70.9 Å². The maximum absolute atomic E-state index is 5.21. The van der Waals surface area contributed by atoms with Crippen molar-refractivity contribution >= 4 is 41.3 Å². The van der Waals surface area contributed by atoms with E-state index in [1.165, 1.54) is 10.4 Å². The molecule has 5 nitrogen and oxygen atoms in total. The predicted molar refractivity (Wildman–Crippen MR) is 122 cm³/mol. The van der Waals surface area contributed by atoms with Crippen molar-refractivity contribution in [3.05, 3.63) is 52.2 Å². The molecule has 7 heteroatoms. The van der Waals surface area contributed by atoms with E-state index in [0.29, 0.717) is 6.04 Å². The van der Waals surface area contributed by atoms with Crippen LogP contribution in [0.1, 0.15) is 16.5 Å². The molecule has 0 bridgehead atoms. The summed E-state index contributed by atoms with van der Waals surface area (Å²) in [6.07, 6.45) is 0. The topological polar surface area (TPSA) is 40.1 Å². The van der Waals surface area contributed by atoms with Crippen molar-refractivity contribution in [2.75, 3.05) is 41.8 Å². The van der Waals surface area contributed by atoms with E-state index in [4.69, 9.17) is 4.74 Å². The van der Waals surface area contributed by atoms with Gasteiger partial charge in [0.1, 0.15) is 5.75 Å². The summed E-state index contributed by atoms with van der Waals surface area (Å²) in [7, 11) is 9.77. The zero-order valence-corrected chi connectivity index (χ0v) is 19.2. The summed E-state index contributed by atoms with van der Waals surface area (Å²) in [5.74, 6) is 1.76. The number of benzene rings is 1. The number of hydrogen-bond donors (Lipinski definition) is 1. The highest BCUT2D eigenvalue weighted by Gasteiger charge is 2.16. The summed E-state index contributed by atoms with van der Waals surface area (Å²) < 4.78 is 5.21. The number of nitrogens with zero attached hydrogens (tertiary/aromatic N) is 3. The lowest BCUT2D eigenvalue weighted by atomic mass is 10.2. The van der Waals surface area contributed by atoms with Gasteiger partial charge in [-0.05, 0) is 43.2 Å². The minimum absolute atomic E-state index is 0. The van der Waals surface area contributed by atoms with Crippen molar-refractivity contribution in [1.82, 2.24) is 15.1 Å². The normalized spacial score (nSPS) is 12.5. The lowest BCUT2D eigenvalue weighted by molar-refractivity contribution is 0.299. The van der Waals surface area contributed by atoms with Gasteiger partial charge in [0.25, 0.3) is 0 Å². The van der Waals surface area contributed by atoms with Gasteiger partial charge in [0.05, 0.1) is 13.2 Å². The van der Waals surface area contributed by atoms with Gasteiger partial charge in [0.15, 0.2) is 5.96 Å². The zero-order valence-electron chi connectivity index (χ0n) is 16.1. The third-order valence-corrected chi connectivity index (χ3v) is 5.07. The van der Waals surface area contributed by atoms with Gasteiger partial charge in [-0.3, -0.25) is 4.99 Å². The van der Waals surface area contributed by atoms with Gasteiger partial charge >= 0.3 is 0 Å². The number of hydrogen-bond acceptors (Lipinski definition) is 4. The van der Waals surface area contributed by atoms with Crippen LogP contribution in [-0.2, 0) is 6.54 Å². The summed E-state index contributed by atoms with van der Waals surface area (Å²) >= 11 is 1.79. The van der Waals surface area contributed by atoms with Crippen molar-refractivity contribution in [3.8, 4) is 5.75 Å². The van der Waals surface area contributed by atoms with Crippen LogP contribution in [0.3, 0.4) is 0 Å². The van der Waals surface area contributed by atoms with Crippen molar-refractivity contribution < 1.29 is 4.74 Å². The maximum atomic E-state index is 5.21. The first-order valence-electron chi connectivity index (χ1n) is 8.29. The highest BCUT2D eigenvalue weighted by atomic mass is 127. The molecule has 0 aliphatic carbocycles. The Morgan fingerprint density at radius 3 is 2.38 bits per heavy atom. The predicted octanol–water partition coefficient (Wildman–Crippen LogP) is 3.68. The van der Waals surface area contributed by atoms with Gasteiger partial charge < -0.3 is 19.9 Å². The van der Waals surface area contributed by atoms with E-state index < -0.39 is 0 Å². The monoisotopic (exact) mass is 488 g/mol. The Hall–Kier alpha value is -1.32. The van der Waals surface area contributed by atoms with Crippen LogP contribution < -0.4 is 10.1 Å². The van der Waals surface area contributed by atoms with Crippen LogP contribution in [-0.4, -0.2) is 57.6 Å². The second-order valence-electron chi connectivity index (χ2n) is 6.13. The Labute approximate surface area is 178 Å². The standard InChI is InChI=1S/C19H28N4OS.HI/c1-20-19(21-13-17(22(2)3)18-7-6-12-25-18)23(4)14-15-8-10-16(24-5)11-9-15;/h6-12,17H,13-14H2,1-5H3,(H,20,21);1H. The van der Waals surface area contributed by atoms with E-state index >= 15 is 0 Å². The van der Waals surface area contributed by atoms with E-state index in [0.717, 1.165) is 24.8 Å². The van der Waals surface area contributed by atoms with Crippen LogP contribution >= 0.6 is 35.3 Å². The molecule has 0 saturated carbocycles. The summed E-state index contributed by atoms with van der Waals surface area (Å²) in [5, 5.41) is 5.62. The summed E-state index contributed by atoms with van der Waals surface area (Å²) in [4.78, 5) is 10.1. The van der Waals surface area contributed by atoms with E-state index in [1.807, 2.05) is 19.2 Å². The van der Waals surface area contributed by atoms with Crippen molar-refractivity contribution in [3.63, 3.8) is 0 Å². The van der Waals surface area contributed by atoms with E-state index in [1.54, 1.807) is 18.4 Å². The molecule has 0 saturated heterocycles. The first kappa shape index (κ1) is 22.7. The zero-order chi connectivity index (χ0) is 18.2. The number of halogens is 1. The first-order chi connectivity index (χ1) is 12.0. The average Bonchev–Trinajstić information content (AvgIpc) is 3.13. The van der Waals surface area contributed by atoms with Crippen molar-refractivity contribution in [2.24, 2.45) is 4.99 Å². The van der Waals surface area contributed by atoms with Gasteiger partial charge in [0, 0.05) is 32.1 Å². The lowest BCUT2D eigenvalue weighted by Crippen LogP contribution is -2.42. The number of nitrogens with one attached hydrogen (secondary N) is 1. The molecule has 0 amide bonds. The Bertz CT molecular complexity index is 659. The van der Waals surface area contributed by atoms with Crippen LogP contribution in [0, 0.1) is 0 Å². The second kappa shape index (κ2) is 11.4. The highest BCUT2D eigenvalue weighted by molar-refractivity contribution is 14.0. The molecule has 1 aromatic heterocycles. The summed E-state index contributed by atoms with van der Waals surface area (Å²) in [6.45, 7) is 1.60. The van der Waals surface area contributed by atoms with Gasteiger partial charge in [-0.15, -0.1) is 35.3 Å². The molecule has 2 rings (SSSR count). The third kappa shape index (κ3) is 6.44. The molecule has 0 aliphatic rings. The van der Waals surface area contributed by atoms with Crippen LogP contribution in [0.4, 0.5) is 0 Å². The Morgan fingerprint density at radius 2 is 1.88 bits per heavy atom. The van der Waals surface area contributed by atoms with Crippen LogP contribution in [0.15, 0.2) is 46.8 Å². The van der Waals surface area contributed by atoms with Crippen LogP contribution in [0.25, 0.3) is 0 Å². The smallest absolute Gasteiger partial charge is 0.193 e. The Balaban J connectivity index is 0.00000338. The van der Waals surface area contributed by atoms with Gasteiger partial charge in [-0.25, -0.2) is 0 Å². The molecule has 0 fully saturated rings. The number of likely N-dealkylation sites (N-methyl/N-ethyl adjacent to an activating group) is 1. The van der Waals surface area contributed by atoms with Gasteiger partial charge in [-0.1, -0.05) is 18.2 Å². The molecule has 0 aliphatic heterocycles. The Morgan fingerprint density at radius 1 is 1.19 bits per heavy atom. The first-order valence-corrected chi connectivity index (χ1v) is 9.17. The number of ether oxygens (including phenoxy) is 1. The van der Waals surface area contributed by atoms with E-state index in [-0.39, 0.29) is 24.0 Å². The van der Waals surface area contributed by atoms with Crippen LogP contribution in [0.5, 0.6) is 5.75 Å². The fraction of sp³-hybridized carbons (Fsp3) is 0.421. The molecular weight excluding hydrogens is 459 g/mol. The minimum Gasteiger partial charge on any atom is -0.497 e. The van der Waals surface area contributed by atoms with Crippen LogP contribution in [0.2, 0.25) is 0 Å². The molecule has 2 aromatic rings. The molecule has 0 spiro atoms. The highest BCUT2D eigenvalue weighted by Crippen LogP contribution is 2.22. The summed E-state index contributed by atoms with van der Waals surface area (Å²) in [6, 6.07) is 12.7. The molecule has 1 aromatic carbocycles. The number of methoxy groups -OCH3 is 1. The molecular formula is C19H29IN4OS. The number of guanidine groups is 1. The number of thiophene rings is 1. The SMILES string of the molecule is CN=C(NCC(c1cccs1)N(C)C)N(C)Cc1ccc(OC)cc1.I. The van der Waals surface area contributed by atoms with Gasteiger partial charge in [-0.2, -0.15) is 0 Å². The quantitative estimate of drug-likeness (QED) is 0.367. The fourth-order valence-corrected chi connectivity index (χ4v) is 3.59. The molecule has 144 valence electrons. The molecule has 1 unspecified atom stereocenters. The number of rotatable bonds is 7. The molecule has 1 atom stereocenters. The number of aliphatic imine (C=N–C) groups is 1. The minimum atomic E-state index is 0. The maximum Gasteiger partial charge on any atom is 0.193 e. The van der Waals surface area contributed by atoms with Crippen molar-refractivity contribution in [2.45, 2.75) is 12.6 Å². The fourth-order valence-electron chi connectivity index (χ4n) is 2.67. The molecule has 1 heterocycles. The van der Waals surface area contributed by atoms with Gasteiger partial charge in [0.2, 0.25) is 0 Å². The largest absolute Gasteiger partial charge is 0.497 e. The van der Waals surface area contributed by atoms with Crippen molar-refractivity contribution in [1.29, 1.82) is 0 Å². The lowest BCUT2D eigenvalue weighted by Gasteiger charge is -2.27. The second-order valence-corrected chi connectivity index (χ2v) is 7.11. The molecule has 0 radical (unpaired) electrons. The average molecular weight is 488 g/mol.